The standard InChI is InChI=1S/C22H22N4O2S/c23-18-17(8-12-1-3-16(27)4-2-12)19(28)24-21-26(18)25-20(29-21)22-9-13-5-14(10-22)7-15(6-13)11-22/h1-4,8,13-15H,5-7,9-11,23H2. The molecule has 4 fully saturated rings. The lowest BCUT2D eigenvalue weighted by Gasteiger charge is -2.55. The molecule has 0 unspecified atom stereocenters. The van der Waals surface area contributed by atoms with Crippen molar-refractivity contribution in [1.82, 2.24) is 14.6 Å². The van der Waals surface area contributed by atoms with Gasteiger partial charge in [-0.3, -0.25) is 9.59 Å². The maximum atomic E-state index is 12.7. The summed E-state index contributed by atoms with van der Waals surface area (Å²) < 4.78 is 1.65. The molecule has 0 saturated heterocycles. The molecule has 0 radical (unpaired) electrons. The molecule has 4 saturated carbocycles. The zero-order valence-corrected chi connectivity index (χ0v) is 16.8. The van der Waals surface area contributed by atoms with Crippen LogP contribution in [0.15, 0.2) is 34.7 Å². The molecule has 5 aliphatic rings. The molecule has 4 bridgehead atoms. The zero-order chi connectivity index (χ0) is 19.8. The second-order valence-electron chi connectivity index (χ2n) is 9.23. The van der Waals surface area contributed by atoms with Crippen LogP contribution in [0, 0.1) is 17.8 Å². The van der Waals surface area contributed by atoms with E-state index in [-0.39, 0.29) is 16.8 Å². The minimum Gasteiger partial charge on any atom is -0.383 e. The van der Waals surface area contributed by atoms with Crippen molar-refractivity contribution in [2.75, 3.05) is 5.73 Å². The lowest BCUT2D eigenvalue weighted by atomic mass is 9.50. The number of nitrogens with zero attached hydrogens (tertiary/aromatic N) is 3. The van der Waals surface area contributed by atoms with Crippen LogP contribution in [0.25, 0.3) is 11.0 Å². The van der Waals surface area contributed by atoms with Crippen LogP contribution in [0.3, 0.4) is 0 Å². The predicted octanol–water partition coefficient (Wildman–Crippen LogP) is 3.28. The number of fused-ring (bicyclic) bond motifs is 1. The minimum atomic E-state index is -0.352. The summed E-state index contributed by atoms with van der Waals surface area (Å²) in [7, 11) is 0. The van der Waals surface area contributed by atoms with E-state index in [0.717, 1.165) is 28.3 Å². The van der Waals surface area contributed by atoms with Crippen molar-refractivity contribution in [3.05, 3.63) is 50.8 Å². The quantitative estimate of drug-likeness (QED) is 0.827. The molecule has 0 atom stereocenters. The van der Waals surface area contributed by atoms with Gasteiger partial charge in [-0.1, -0.05) is 23.5 Å². The van der Waals surface area contributed by atoms with Crippen molar-refractivity contribution in [1.29, 1.82) is 0 Å². The fourth-order valence-corrected chi connectivity index (χ4v) is 7.45. The fourth-order valence-electron chi connectivity index (χ4n) is 6.33. The summed E-state index contributed by atoms with van der Waals surface area (Å²) in [5, 5.41) is 6.00. The van der Waals surface area contributed by atoms with Crippen LogP contribution in [0.5, 0.6) is 0 Å². The molecule has 5 aliphatic carbocycles. The SMILES string of the molecule is Nc1c(C=C2C=CC(=O)C=C2)c(=O)nc2sc(C34CC5CC(CC(C5)C3)C4)nn12. The topological polar surface area (TPSA) is 90.4 Å². The number of rotatable bonds is 2. The zero-order valence-electron chi connectivity index (χ0n) is 16.0. The normalized spacial score (nSPS) is 32.5. The highest BCUT2D eigenvalue weighted by molar-refractivity contribution is 7.16. The summed E-state index contributed by atoms with van der Waals surface area (Å²) >= 11 is 1.54. The maximum absolute atomic E-state index is 12.7. The van der Waals surface area contributed by atoms with Gasteiger partial charge in [0.15, 0.2) is 5.78 Å². The largest absolute Gasteiger partial charge is 0.383 e. The number of aromatic nitrogens is 3. The van der Waals surface area contributed by atoms with Gasteiger partial charge in [0.25, 0.3) is 5.56 Å². The Morgan fingerprint density at radius 1 is 1.03 bits per heavy atom. The summed E-state index contributed by atoms with van der Waals surface area (Å²) in [4.78, 5) is 28.9. The van der Waals surface area contributed by atoms with E-state index in [1.54, 1.807) is 22.7 Å². The molecule has 2 N–H and O–H groups in total. The Balaban J connectivity index is 1.45. The van der Waals surface area contributed by atoms with E-state index in [1.165, 1.54) is 62.0 Å². The molecular weight excluding hydrogens is 384 g/mol. The van der Waals surface area contributed by atoms with Gasteiger partial charge >= 0.3 is 0 Å². The first-order valence-electron chi connectivity index (χ1n) is 10.3. The molecule has 0 spiro atoms. The van der Waals surface area contributed by atoms with Gasteiger partial charge in [-0.2, -0.15) is 14.6 Å². The lowest BCUT2D eigenvalue weighted by molar-refractivity contribution is -0.110. The monoisotopic (exact) mass is 406 g/mol. The van der Waals surface area contributed by atoms with Crippen molar-refractivity contribution in [3.8, 4) is 0 Å². The lowest BCUT2D eigenvalue weighted by Crippen LogP contribution is -2.48. The number of hydrogen-bond donors (Lipinski definition) is 1. The highest BCUT2D eigenvalue weighted by Gasteiger charge is 2.53. The third-order valence-electron chi connectivity index (χ3n) is 7.17. The van der Waals surface area contributed by atoms with Crippen LogP contribution in [-0.4, -0.2) is 20.4 Å². The molecule has 6 nitrogen and oxygen atoms in total. The van der Waals surface area contributed by atoms with Gasteiger partial charge in [-0.15, -0.1) is 0 Å². The van der Waals surface area contributed by atoms with E-state index in [4.69, 9.17) is 10.8 Å². The van der Waals surface area contributed by atoms with Crippen LogP contribution in [-0.2, 0) is 10.2 Å². The van der Waals surface area contributed by atoms with Gasteiger partial charge in [0.1, 0.15) is 10.8 Å². The van der Waals surface area contributed by atoms with Gasteiger partial charge in [0.2, 0.25) is 4.96 Å². The number of ketones is 1. The van der Waals surface area contributed by atoms with E-state index in [9.17, 15) is 9.59 Å². The Labute approximate surface area is 171 Å². The fraction of sp³-hybridized carbons (Fsp3) is 0.455. The summed E-state index contributed by atoms with van der Waals surface area (Å²) in [5.41, 5.74) is 7.24. The molecule has 2 aromatic heterocycles. The van der Waals surface area contributed by atoms with Crippen molar-refractivity contribution in [2.24, 2.45) is 17.8 Å². The Morgan fingerprint density at radius 3 is 2.28 bits per heavy atom. The first kappa shape index (κ1) is 17.3. The second kappa shape index (κ2) is 5.98. The van der Waals surface area contributed by atoms with Crippen LogP contribution in [0.2, 0.25) is 0 Å². The first-order valence-corrected chi connectivity index (χ1v) is 11.1. The number of nitrogens with two attached hydrogens (primary N) is 1. The van der Waals surface area contributed by atoms with E-state index in [2.05, 4.69) is 4.98 Å². The predicted molar refractivity (Wildman–Crippen MR) is 113 cm³/mol. The van der Waals surface area contributed by atoms with Crippen LogP contribution in [0.4, 0.5) is 5.82 Å². The van der Waals surface area contributed by atoms with Crippen molar-refractivity contribution in [2.45, 2.75) is 43.9 Å². The first-order chi connectivity index (χ1) is 14.0. The molecule has 0 amide bonds. The van der Waals surface area contributed by atoms with E-state index >= 15 is 0 Å². The van der Waals surface area contributed by atoms with Crippen molar-refractivity contribution >= 4 is 34.0 Å². The Morgan fingerprint density at radius 2 is 1.66 bits per heavy atom. The molecule has 148 valence electrons. The van der Waals surface area contributed by atoms with Gasteiger partial charge in [0.05, 0.1) is 5.56 Å². The average molecular weight is 407 g/mol. The smallest absolute Gasteiger partial charge is 0.283 e. The number of nitrogen functional groups attached to an aromatic ring is 1. The van der Waals surface area contributed by atoms with Gasteiger partial charge < -0.3 is 5.73 Å². The van der Waals surface area contributed by atoms with Gasteiger partial charge in [-0.05, 0) is 80.1 Å². The number of carbonyl (C=O) groups is 1. The Bertz CT molecular complexity index is 1150. The number of anilines is 1. The Kier molecular flexibility index (Phi) is 3.57. The third-order valence-corrected chi connectivity index (χ3v) is 8.33. The molecule has 2 aromatic rings. The highest BCUT2D eigenvalue weighted by Crippen LogP contribution is 2.61. The van der Waals surface area contributed by atoms with Gasteiger partial charge in [-0.25, -0.2) is 0 Å². The summed E-state index contributed by atoms with van der Waals surface area (Å²) in [5.74, 6) is 2.73. The summed E-state index contributed by atoms with van der Waals surface area (Å²) in [6.45, 7) is 0. The van der Waals surface area contributed by atoms with Crippen LogP contribution < -0.4 is 11.3 Å². The number of hydrogen-bond acceptors (Lipinski definition) is 6. The molecule has 0 aromatic carbocycles. The summed E-state index contributed by atoms with van der Waals surface area (Å²) in [6.07, 6.45) is 15.8. The number of allylic oxidation sites excluding steroid dienone is 5. The van der Waals surface area contributed by atoms with Gasteiger partial charge in [0, 0.05) is 5.41 Å². The summed E-state index contributed by atoms with van der Waals surface area (Å²) in [6, 6.07) is 0. The number of carbonyl (C=O) groups excluding carboxylic acids is 1. The molecule has 7 heteroatoms. The Hall–Kier alpha value is -2.54. The third kappa shape index (κ3) is 2.67. The molecule has 7 rings (SSSR count). The van der Waals surface area contributed by atoms with Crippen molar-refractivity contribution in [3.63, 3.8) is 0 Å². The van der Waals surface area contributed by atoms with Crippen LogP contribution >= 0.6 is 11.3 Å². The second-order valence-corrected chi connectivity index (χ2v) is 10.2. The van der Waals surface area contributed by atoms with E-state index in [1.807, 2.05) is 0 Å². The highest BCUT2D eigenvalue weighted by atomic mass is 32.1. The van der Waals surface area contributed by atoms with E-state index < -0.39 is 0 Å². The molecule has 2 heterocycles. The average Bonchev–Trinajstić information content (AvgIpc) is 3.11. The molecular formula is C22H22N4O2S. The molecule has 0 aliphatic heterocycles. The van der Waals surface area contributed by atoms with E-state index in [0.29, 0.717) is 16.3 Å². The van der Waals surface area contributed by atoms with Crippen LogP contribution in [0.1, 0.15) is 49.1 Å². The minimum absolute atomic E-state index is 0.0693. The maximum Gasteiger partial charge on any atom is 0.283 e. The molecule has 29 heavy (non-hydrogen) atoms. The van der Waals surface area contributed by atoms with Crippen molar-refractivity contribution < 1.29 is 4.79 Å².